The van der Waals surface area contributed by atoms with Gasteiger partial charge in [-0.3, -0.25) is 4.79 Å². The number of hydrogen-bond donors (Lipinski definition) is 1. The first kappa shape index (κ1) is 22.6. The third-order valence-electron chi connectivity index (χ3n) is 4.46. The topological polar surface area (TPSA) is 93.5 Å². The second-order valence-corrected chi connectivity index (χ2v) is 8.34. The largest absolute Gasteiger partial charge is 0.481 e. The number of rotatable bonds is 5. The summed E-state index contributed by atoms with van der Waals surface area (Å²) < 4.78 is 45.7. The summed E-state index contributed by atoms with van der Waals surface area (Å²) in [6, 6.07) is 3.95. The first-order valence-corrected chi connectivity index (χ1v) is 10.4. The summed E-state index contributed by atoms with van der Waals surface area (Å²) in [5.41, 5.74) is 0.435. The van der Waals surface area contributed by atoms with Crippen LogP contribution in [0.3, 0.4) is 0 Å². The van der Waals surface area contributed by atoms with E-state index in [9.17, 15) is 18.0 Å². The molecule has 1 aromatic carbocycles. The van der Waals surface area contributed by atoms with Crippen molar-refractivity contribution >= 4 is 50.7 Å². The van der Waals surface area contributed by atoms with E-state index in [2.05, 4.69) is 31.1 Å². The van der Waals surface area contributed by atoms with Crippen LogP contribution in [0.25, 0.3) is 28.6 Å². The third kappa shape index (κ3) is 4.45. The molecule has 4 aromatic rings. The summed E-state index contributed by atoms with van der Waals surface area (Å²) in [7, 11) is 0. The lowest BCUT2D eigenvalue weighted by molar-refractivity contribution is -0.138. The average molecular weight is 550 g/mol. The second-order valence-electron chi connectivity index (χ2n) is 6.67. The molecule has 0 atom stereocenters. The van der Waals surface area contributed by atoms with Crippen LogP contribution < -0.4 is 0 Å². The molecule has 0 aliphatic carbocycles. The lowest BCUT2D eigenvalue weighted by Crippen LogP contribution is -2.06. The van der Waals surface area contributed by atoms with Crippen LogP contribution in [0, 0.1) is 0 Å². The maximum Gasteiger partial charge on any atom is 0.417 e. The van der Waals surface area contributed by atoms with Gasteiger partial charge in [0.25, 0.3) is 5.89 Å². The molecule has 0 aliphatic heterocycles. The number of hydrogen-bond acceptors (Lipinski definition) is 5. The van der Waals surface area contributed by atoms with E-state index in [1.54, 1.807) is 0 Å². The van der Waals surface area contributed by atoms with Gasteiger partial charge in [-0.05, 0) is 46.1 Å². The maximum absolute atomic E-state index is 13.1. The summed E-state index contributed by atoms with van der Waals surface area (Å²) >= 11 is 15.6. The average Bonchev–Trinajstić information content (AvgIpc) is 3.34. The number of halogens is 6. The van der Waals surface area contributed by atoms with Crippen molar-refractivity contribution in [3.63, 3.8) is 0 Å². The minimum absolute atomic E-state index is 0.0358. The number of carboxylic acids is 1. The highest BCUT2D eigenvalue weighted by Gasteiger charge is 2.32. The summed E-state index contributed by atoms with van der Waals surface area (Å²) in [5.74, 6) is -0.916. The van der Waals surface area contributed by atoms with Gasteiger partial charge in [0.1, 0.15) is 5.69 Å². The third-order valence-corrected chi connectivity index (χ3v) is 5.71. The van der Waals surface area contributed by atoms with Crippen LogP contribution in [0.15, 0.2) is 39.6 Å². The highest BCUT2D eigenvalue weighted by molar-refractivity contribution is 9.10. The molecule has 0 spiro atoms. The molecule has 3 aromatic heterocycles. The molecular weight excluding hydrogens is 540 g/mol. The highest BCUT2D eigenvalue weighted by atomic mass is 79.9. The molecule has 7 nitrogen and oxygen atoms in total. The van der Waals surface area contributed by atoms with Gasteiger partial charge in [-0.2, -0.15) is 18.2 Å². The van der Waals surface area contributed by atoms with Crippen LogP contribution in [-0.2, 0) is 17.4 Å². The van der Waals surface area contributed by atoms with E-state index in [-0.39, 0.29) is 50.4 Å². The van der Waals surface area contributed by atoms with Crippen LogP contribution in [0.4, 0.5) is 13.2 Å². The molecule has 4 rings (SSSR count). The predicted molar refractivity (Wildman–Crippen MR) is 113 cm³/mol. The molecule has 0 bridgehead atoms. The van der Waals surface area contributed by atoms with Crippen LogP contribution in [0.5, 0.6) is 0 Å². The molecule has 0 amide bonds. The van der Waals surface area contributed by atoms with Crippen molar-refractivity contribution in [3.8, 4) is 23.0 Å². The number of fused-ring (bicyclic) bond motifs is 1. The van der Waals surface area contributed by atoms with Crippen LogP contribution in [0.2, 0.25) is 10.0 Å². The molecule has 32 heavy (non-hydrogen) atoms. The van der Waals surface area contributed by atoms with Crippen LogP contribution in [-0.4, -0.2) is 30.6 Å². The molecule has 0 unspecified atom stereocenters. The van der Waals surface area contributed by atoms with Gasteiger partial charge in [-0.1, -0.05) is 28.4 Å². The number of carboxylic acid groups (broad SMARTS) is 1. The lowest BCUT2D eigenvalue weighted by Gasteiger charge is -2.07. The van der Waals surface area contributed by atoms with Crippen molar-refractivity contribution in [1.29, 1.82) is 0 Å². The summed E-state index contributed by atoms with van der Waals surface area (Å²) in [5, 5.41) is 13.2. The number of carbonyl (C=O) groups is 1. The van der Waals surface area contributed by atoms with E-state index < -0.39 is 17.7 Å². The van der Waals surface area contributed by atoms with E-state index in [0.717, 1.165) is 12.3 Å². The zero-order valence-corrected chi connectivity index (χ0v) is 18.7. The zero-order valence-electron chi connectivity index (χ0n) is 15.6. The molecular formula is C19H10BrCl2F3N4O3. The minimum Gasteiger partial charge on any atom is -0.481 e. The van der Waals surface area contributed by atoms with Crippen LogP contribution in [0.1, 0.15) is 17.5 Å². The Balaban J connectivity index is 1.68. The molecule has 1 N–H and O–H groups in total. The molecule has 13 heteroatoms. The molecule has 3 heterocycles. The fraction of sp³-hybridized carbons (Fsp3) is 0.158. The molecule has 0 radical (unpaired) electrons. The predicted octanol–water partition coefficient (Wildman–Crippen LogP) is 6.16. The highest BCUT2D eigenvalue weighted by Crippen LogP contribution is 2.35. The number of imidazole rings is 1. The smallest absolute Gasteiger partial charge is 0.417 e. The second kappa shape index (κ2) is 8.38. The van der Waals surface area contributed by atoms with Crippen molar-refractivity contribution in [1.82, 2.24) is 19.5 Å². The summed E-state index contributed by atoms with van der Waals surface area (Å²) in [6.07, 6.45) is -2.20. The van der Waals surface area contributed by atoms with Crippen molar-refractivity contribution in [2.75, 3.05) is 0 Å². The van der Waals surface area contributed by atoms with Gasteiger partial charge < -0.3 is 14.0 Å². The molecule has 166 valence electrons. The van der Waals surface area contributed by atoms with Gasteiger partial charge in [0.2, 0.25) is 5.82 Å². The first-order chi connectivity index (χ1) is 15.0. The Morgan fingerprint density at radius 1 is 1.16 bits per heavy atom. The van der Waals surface area contributed by atoms with E-state index in [4.69, 9.17) is 32.8 Å². The van der Waals surface area contributed by atoms with E-state index in [1.807, 2.05) is 0 Å². The number of benzene rings is 1. The quantitative estimate of drug-likeness (QED) is 0.320. The van der Waals surface area contributed by atoms with E-state index >= 15 is 0 Å². The Morgan fingerprint density at radius 3 is 2.59 bits per heavy atom. The number of nitrogens with zero attached hydrogens (tertiary/aromatic N) is 4. The lowest BCUT2D eigenvalue weighted by atomic mass is 10.1. The molecule has 0 fully saturated rings. The monoisotopic (exact) mass is 548 g/mol. The first-order valence-electron chi connectivity index (χ1n) is 8.82. The summed E-state index contributed by atoms with van der Waals surface area (Å²) in [4.78, 5) is 19.2. The van der Waals surface area contributed by atoms with Gasteiger partial charge >= 0.3 is 12.1 Å². The van der Waals surface area contributed by atoms with Crippen molar-refractivity contribution in [2.24, 2.45) is 0 Å². The van der Waals surface area contributed by atoms with Gasteiger partial charge in [0.05, 0.1) is 15.1 Å². The Morgan fingerprint density at radius 2 is 1.91 bits per heavy atom. The number of pyridine rings is 1. The normalized spacial score (nSPS) is 11.9. The van der Waals surface area contributed by atoms with Crippen molar-refractivity contribution in [2.45, 2.75) is 19.0 Å². The Bertz CT molecular complexity index is 1350. The van der Waals surface area contributed by atoms with E-state index in [0.29, 0.717) is 11.1 Å². The van der Waals surface area contributed by atoms with Gasteiger partial charge in [0, 0.05) is 29.4 Å². The Labute approximate surface area is 195 Å². The number of aryl methyl sites for hydroxylation is 1. The Hall–Kier alpha value is -2.63. The van der Waals surface area contributed by atoms with Crippen molar-refractivity contribution in [3.05, 3.63) is 56.2 Å². The van der Waals surface area contributed by atoms with E-state index in [1.165, 1.54) is 22.7 Å². The van der Waals surface area contributed by atoms with Gasteiger partial charge in [-0.15, -0.1) is 0 Å². The number of aromatic nitrogens is 4. The van der Waals surface area contributed by atoms with Gasteiger partial charge in [-0.25, -0.2) is 4.98 Å². The van der Waals surface area contributed by atoms with Gasteiger partial charge in [0.15, 0.2) is 5.65 Å². The summed E-state index contributed by atoms with van der Waals surface area (Å²) in [6.45, 7) is 0. The maximum atomic E-state index is 13.1. The fourth-order valence-electron chi connectivity index (χ4n) is 2.94. The molecule has 0 saturated heterocycles. The van der Waals surface area contributed by atoms with Crippen molar-refractivity contribution < 1.29 is 27.6 Å². The molecule has 0 aliphatic rings. The number of aliphatic carboxylic acids is 1. The minimum atomic E-state index is -4.52. The number of alkyl halides is 3. The fourth-order valence-corrected chi connectivity index (χ4v) is 4.01. The standard InChI is InChI=1S/C19H10BrCl2F3N4O3/c20-11-4-9(19(23,24)25)6-29-7-14(26-17(11)29)18-27-16(28-32-18)10-5-12(21)8(3-13(10)22)1-2-15(30)31/h3-7H,1-2H2,(H,30,31). The SMILES string of the molecule is O=C(O)CCc1cc(Cl)c(-c2noc(-c3cn4cc(C(F)(F)F)cc(Br)c4n3)n2)cc1Cl. The zero-order chi connectivity index (χ0) is 23.2. The molecule has 0 saturated carbocycles. The van der Waals surface area contributed by atoms with Crippen LogP contribution >= 0.6 is 39.1 Å². The Kier molecular flexibility index (Phi) is 5.91.